The van der Waals surface area contributed by atoms with E-state index in [0.717, 1.165) is 0 Å². The Morgan fingerprint density at radius 2 is 1.95 bits per heavy atom. The largest absolute Gasteiger partial charge is 0.489 e. The molecule has 0 amide bonds. The molecule has 4 heteroatoms. The average molecular weight is 260 g/mol. The number of carbonyl (C=O) groups is 1. The van der Waals surface area contributed by atoms with E-state index in [0.29, 0.717) is 17.2 Å². The second-order valence-corrected chi connectivity index (χ2v) is 4.59. The van der Waals surface area contributed by atoms with Crippen molar-refractivity contribution in [1.82, 2.24) is 0 Å². The normalized spacial score (nSPS) is 10.7. The Balaban J connectivity index is 2.02. The van der Waals surface area contributed by atoms with Gasteiger partial charge in [0.1, 0.15) is 12.4 Å². The van der Waals surface area contributed by atoms with Gasteiger partial charge in [0.15, 0.2) is 0 Å². The van der Waals surface area contributed by atoms with E-state index >= 15 is 0 Å². The van der Waals surface area contributed by atoms with Crippen LogP contribution >= 0.6 is 0 Å². The first-order valence-electron chi connectivity index (χ1n) is 6.10. The SMILES string of the molecule is CC(C)c1ccc(OCc2ccoc2C(=O)O)cc1. The van der Waals surface area contributed by atoms with Crippen LogP contribution in [-0.2, 0) is 6.61 Å². The first-order chi connectivity index (χ1) is 9.08. The van der Waals surface area contributed by atoms with Crippen LogP contribution in [0.4, 0.5) is 0 Å². The molecule has 2 aromatic rings. The van der Waals surface area contributed by atoms with Gasteiger partial charge in [-0.25, -0.2) is 4.79 Å². The number of ether oxygens (including phenoxy) is 1. The van der Waals surface area contributed by atoms with Crippen molar-refractivity contribution >= 4 is 5.97 Å². The van der Waals surface area contributed by atoms with Crippen LogP contribution < -0.4 is 4.74 Å². The lowest BCUT2D eigenvalue weighted by molar-refractivity contribution is 0.0658. The number of carboxylic acids is 1. The third-order valence-corrected chi connectivity index (χ3v) is 2.88. The zero-order valence-corrected chi connectivity index (χ0v) is 10.9. The number of furan rings is 1. The third-order valence-electron chi connectivity index (χ3n) is 2.88. The number of hydrogen-bond acceptors (Lipinski definition) is 3. The molecule has 0 atom stereocenters. The molecular weight excluding hydrogens is 244 g/mol. The number of carboxylic acid groups (broad SMARTS) is 1. The fraction of sp³-hybridized carbons (Fsp3) is 0.267. The van der Waals surface area contributed by atoms with Crippen LogP contribution in [-0.4, -0.2) is 11.1 Å². The molecule has 0 unspecified atom stereocenters. The van der Waals surface area contributed by atoms with Gasteiger partial charge in [0.2, 0.25) is 5.76 Å². The Morgan fingerprint density at radius 1 is 1.26 bits per heavy atom. The zero-order chi connectivity index (χ0) is 13.8. The zero-order valence-electron chi connectivity index (χ0n) is 10.9. The Morgan fingerprint density at radius 3 is 2.53 bits per heavy atom. The predicted molar refractivity (Wildman–Crippen MR) is 70.5 cm³/mol. The number of rotatable bonds is 5. The summed E-state index contributed by atoms with van der Waals surface area (Å²) in [6.07, 6.45) is 1.35. The van der Waals surface area contributed by atoms with Crippen molar-refractivity contribution in [2.45, 2.75) is 26.4 Å². The van der Waals surface area contributed by atoms with Crippen molar-refractivity contribution in [2.75, 3.05) is 0 Å². The molecule has 0 aliphatic carbocycles. The molecule has 0 saturated heterocycles. The van der Waals surface area contributed by atoms with E-state index in [1.54, 1.807) is 6.07 Å². The molecule has 2 rings (SSSR count). The average Bonchev–Trinajstić information content (AvgIpc) is 2.85. The minimum Gasteiger partial charge on any atom is -0.489 e. The highest BCUT2D eigenvalue weighted by atomic mass is 16.5. The first-order valence-corrected chi connectivity index (χ1v) is 6.10. The van der Waals surface area contributed by atoms with E-state index in [-0.39, 0.29) is 12.4 Å². The molecule has 0 aliphatic rings. The molecular formula is C15H16O4. The van der Waals surface area contributed by atoms with Gasteiger partial charge in [-0.3, -0.25) is 0 Å². The minimum atomic E-state index is -1.08. The summed E-state index contributed by atoms with van der Waals surface area (Å²) in [7, 11) is 0. The van der Waals surface area contributed by atoms with Crippen molar-refractivity contribution in [3.05, 3.63) is 53.5 Å². The second kappa shape index (κ2) is 5.61. The van der Waals surface area contributed by atoms with Crippen LogP contribution in [0, 0.1) is 0 Å². The van der Waals surface area contributed by atoms with E-state index in [1.807, 2.05) is 24.3 Å². The van der Waals surface area contributed by atoms with Gasteiger partial charge in [0, 0.05) is 5.56 Å². The first kappa shape index (κ1) is 13.2. The maximum Gasteiger partial charge on any atom is 0.372 e. The van der Waals surface area contributed by atoms with Crippen LogP contribution in [0.25, 0.3) is 0 Å². The van der Waals surface area contributed by atoms with Gasteiger partial charge in [0.25, 0.3) is 0 Å². The maximum absolute atomic E-state index is 10.9. The fourth-order valence-electron chi connectivity index (χ4n) is 1.75. The number of hydrogen-bond donors (Lipinski definition) is 1. The lowest BCUT2D eigenvalue weighted by Gasteiger charge is -2.08. The third kappa shape index (κ3) is 3.16. The van der Waals surface area contributed by atoms with Crippen LogP contribution in [0.15, 0.2) is 41.0 Å². The van der Waals surface area contributed by atoms with Crippen molar-refractivity contribution in [3.8, 4) is 5.75 Å². The van der Waals surface area contributed by atoms with Crippen molar-refractivity contribution in [3.63, 3.8) is 0 Å². The van der Waals surface area contributed by atoms with Gasteiger partial charge in [0.05, 0.1) is 6.26 Å². The summed E-state index contributed by atoms with van der Waals surface area (Å²) < 4.78 is 10.4. The van der Waals surface area contributed by atoms with E-state index < -0.39 is 5.97 Å². The van der Waals surface area contributed by atoms with Gasteiger partial charge in [-0.15, -0.1) is 0 Å². The predicted octanol–water partition coefficient (Wildman–Crippen LogP) is 3.68. The molecule has 100 valence electrons. The van der Waals surface area contributed by atoms with Crippen LogP contribution in [0.1, 0.15) is 41.4 Å². The highest BCUT2D eigenvalue weighted by molar-refractivity contribution is 5.86. The molecule has 1 N–H and O–H groups in total. The fourth-order valence-corrected chi connectivity index (χ4v) is 1.75. The summed E-state index contributed by atoms with van der Waals surface area (Å²) in [4.78, 5) is 10.9. The molecule has 0 spiro atoms. The van der Waals surface area contributed by atoms with Gasteiger partial charge in [-0.2, -0.15) is 0 Å². The van der Waals surface area contributed by atoms with Gasteiger partial charge in [-0.1, -0.05) is 26.0 Å². The smallest absolute Gasteiger partial charge is 0.372 e. The van der Waals surface area contributed by atoms with Crippen molar-refractivity contribution in [1.29, 1.82) is 0 Å². The Bertz CT molecular complexity index is 552. The summed E-state index contributed by atoms with van der Waals surface area (Å²) in [6, 6.07) is 9.39. The van der Waals surface area contributed by atoms with E-state index in [4.69, 9.17) is 14.3 Å². The Labute approximate surface area is 111 Å². The summed E-state index contributed by atoms with van der Waals surface area (Å²) >= 11 is 0. The van der Waals surface area contributed by atoms with Gasteiger partial charge >= 0.3 is 5.97 Å². The lowest BCUT2D eigenvalue weighted by Crippen LogP contribution is -2.02. The molecule has 0 saturated carbocycles. The minimum absolute atomic E-state index is 0.0706. The quantitative estimate of drug-likeness (QED) is 0.890. The summed E-state index contributed by atoms with van der Waals surface area (Å²) in [6.45, 7) is 4.43. The van der Waals surface area contributed by atoms with Crippen LogP contribution in [0.3, 0.4) is 0 Å². The summed E-state index contributed by atoms with van der Waals surface area (Å²) in [5.74, 6) is 0.0287. The highest BCUT2D eigenvalue weighted by Gasteiger charge is 2.14. The molecule has 0 radical (unpaired) electrons. The van der Waals surface area contributed by atoms with Crippen molar-refractivity contribution in [2.24, 2.45) is 0 Å². The van der Waals surface area contributed by atoms with Gasteiger partial charge in [-0.05, 0) is 29.7 Å². The Hall–Kier alpha value is -2.23. The monoisotopic (exact) mass is 260 g/mol. The molecule has 0 fully saturated rings. The van der Waals surface area contributed by atoms with E-state index in [2.05, 4.69) is 13.8 Å². The molecule has 4 nitrogen and oxygen atoms in total. The van der Waals surface area contributed by atoms with Crippen LogP contribution in [0.2, 0.25) is 0 Å². The highest BCUT2D eigenvalue weighted by Crippen LogP contribution is 2.20. The van der Waals surface area contributed by atoms with Gasteiger partial charge < -0.3 is 14.3 Å². The molecule has 0 aliphatic heterocycles. The van der Waals surface area contributed by atoms with E-state index in [1.165, 1.54) is 11.8 Å². The summed E-state index contributed by atoms with van der Waals surface area (Å²) in [5, 5.41) is 8.90. The Kier molecular flexibility index (Phi) is 3.90. The number of aromatic carboxylic acids is 1. The maximum atomic E-state index is 10.9. The lowest BCUT2D eigenvalue weighted by atomic mass is 10.0. The van der Waals surface area contributed by atoms with Crippen LogP contribution in [0.5, 0.6) is 5.75 Å². The van der Waals surface area contributed by atoms with Crippen molar-refractivity contribution < 1.29 is 19.1 Å². The molecule has 0 bridgehead atoms. The summed E-state index contributed by atoms with van der Waals surface area (Å²) in [5.41, 5.74) is 1.77. The van der Waals surface area contributed by atoms with E-state index in [9.17, 15) is 4.79 Å². The molecule has 1 aromatic carbocycles. The molecule has 19 heavy (non-hydrogen) atoms. The second-order valence-electron chi connectivity index (χ2n) is 4.59. The number of benzene rings is 1. The molecule has 1 heterocycles. The topological polar surface area (TPSA) is 59.7 Å². The standard InChI is InChI=1S/C15H16O4/c1-10(2)11-3-5-13(6-4-11)19-9-12-7-8-18-14(12)15(16)17/h3-8,10H,9H2,1-2H3,(H,16,17). The molecule has 1 aromatic heterocycles.